The van der Waals surface area contributed by atoms with Crippen LogP contribution in [0, 0.1) is 0 Å². The first kappa shape index (κ1) is 26.8. The van der Waals surface area contributed by atoms with E-state index in [0.29, 0.717) is 16.8 Å². The number of hydrogen-bond acceptors (Lipinski definition) is 6. The third-order valence-corrected chi connectivity index (χ3v) is 6.56. The molecule has 8 nitrogen and oxygen atoms in total. The summed E-state index contributed by atoms with van der Waals surface area (Å²) in [5, 5.41) is 0. The van der Waals surface area contributed by atoms with E-state index in [4.69, 9.17) is 10.5 Å². The first-order valence-corrected chi connectivity index (χ1v) is 12.5. The molecule has 1 aliphatic heterocycles. The van der Waals surface area contributed by atoms with Crippen molar-refractivity contribution in [2.45, 2.75) is 32.0 Å². The third-order valence-electron chi connectivity index (χ3n) is 6.56. The number of hydrogen-bond donors (Lipinski definition) is 1. The van der Waals surface area contributed by atoms with Crippen LogP contribution in [0.3, 0.4) is 0 Å². The van der Waals surface area contributed by atoms with Crippen molar-refractivity contribution in [3.8, 4) is 5.75 Å². The van der Waals surface area contributed by atoms with Gasteiger partial charge in [-0.2, -0.15) is 0 Å². The lowest BCUT2D eigenvalue weighted by Crippen LogP contribution is -2.42. The van der Waals surface area contributed by atoms with Crippen molar-refractivity contribution >= 4 is 12.0 Å². The summed E-state index contributed by atoms with van der Waals surface area (Å²) in [5.74, 6) is -0.343. The molecule has 3 aromatic carbocycles. The fourth-order valence-corrected chi connectivity index (χ4v) is 4.71. The topological polar surface area (TPSA) is 99.7 Å². The molecule has 0 radical (unpaired) electrons. The van der Waals surface area contributed by atoms with Gasteiger partial charge in [-0.1, -0.05) is 72.8 Å². The molecule has 40 heavy (non-hydrogen) atoms. The molecule has 4 aromatic rings. The summed E-state index contributed by atoms with van der Waals surface area (Å²) in [6.45, 7) is 0.113. The Morgan fingerprint density at radius 2 is 1.55 bits per heavy atom. The van der Waals surface area contributed by atoms with E-state index in [1.165, 1.54) is 21.6 Å². The number of nitrogen functional groups attached to an aromatic ring is 1. The quantitative estimate of drug-likeness (QED) is 0.361. The minimum Gasteiger partial charge on any atom is -0.445 e. The van der Waals surface area contributed by atoms with Gasteiger partial charge in [0.1, 0.15) is 12.4 Å². The summed E-state index contributed by atoms with van der Waals surface area (Å²) in [6, 6.07) is 23.6. The van der Waals surface area contributed by atoms with Crippen LogP contribution < -0.4 is 16.0 Å². The standard InChI is InChI=1S/C29H25F3N4O4/c30-29(31,32)40-22-13-11-19(12-14-22)18-39-28(38)35-16-15-23-24(17-35)34-27(33)36(26(23)37)25(20-7-3-1-4-8-20)21-9-5-2-6-10-21/h1-14,25H,15-18H2,(H2,33,34). The molecule has 0 bridgehead atoms. The van der Waals surface area contributed by atoms with Gasteiger partial charge >= 0.3 is 12.5 Å². The second-order valence-corrected chi connectivity index (χ2v) is 9.21. The number of carbonyl (C=O) groups is 1. The molecule has 0 spiro atoms. The maximum Gasteiger partial charge on any atom is 0.573 e. The van der Waals surface area contributed by atoms with Crippen molar-refractivity contribution in [2.75, 3.05) is 12.3 Å². The summed E-state index contributed by atoms with van der Waals surface area (Å²) in [5.41, 5.74) is 9.22. The average molecular weight is 551 g/mol. The number of ether oxygens (including phenoxy) is 2. The molecule has 5 rings (SSSR count). The van der Waals surface area contributed by atoms with E-state index < -0.39 is 18.5 Å². The number of aromatic nitrogens is 2. The molecule has 0 unspecified atom stereocenters. The first-order chi connectivity index (χ1) is 19.2. The summed E-state index contributed by atoms with van der Waals surface area (Å²) in [4.78, 5) is 32.4. The Hall–Kier alpha value is -4.80. The molecular weight excluding hydrogens is 525 g/mol. The Bertz CT molecular complexity index is 1500. The predicted octanol–water partition coefficient (Wildman–Crippen LogP) is 5.06. The molecule has 2 heterocycles. The number of anilines is 1. The Labute approximate surface area is 227 Å². The zero-order valence-electron chi connectivity index (χ0n) is 21.2. The lowest BCUT2D eigenvalue weighted by Gasteiger charge is -2.29. The third kappa shape index (κ3) is 5.93. The number of carbonyl (C=O) groups excluding carboxylic acids is 1. The maximum absolute atomic E-state index is 13.8. The molecular formula is C29H25F3N4O4. The lowest BCUT2D eigenvalue weighted by atomic mass is 9.97. The van der Waals surface area contributed by atoms with Crippen LogP contribution in [0.5, 0.6) is 5.75 Å². The highest BCUT2D eigenvalue weighted by atomic mass is 19.4. The Morgan fingerprint density at radius 3 is 2.12 bits per heavy atom. The van der Waals surface area contributed by atoms with Crippen molar-refractivity contribution in [1.29, 1.82) is 0 Å². The number of fused-ring (bicyclic) bond motifs is 1. The number of halogens is 3. The second-order valence-electron chi connectivity index (χ2n) is 9.21. The minimum absolute atomic E-state index is 0.0258. The zero-order chi connectivity index (χ0) is 28.3. The molecule has 0 aliphatic carbocycles. The number of alkyl halides is 3. The summed E-state index contributed by atoms with van der Waals surface area (Å²) in [6.07, 6.45) is -5.17. The largest absolute Gasteiger partial charge is 0.573 e. The number of amides is 1. The van der Waals surface area contributed by atoms with Crippen molar-refractivity contribution in [1.82, 2.24) is 14.5 Å². The molecule has 0 saturated carbocycles. The molecule has 0 saturated heterocycles. The summed E-state index contributed by atoms with van der Waals surface area (Å²) >= 11 is 0. The molecule has 1 aromatic heterocycles. The van der Waals surface area contributed by atoms with Gasteiger partial charge < -0.3 is 20.1 Å². The van der Waals surface area contributed by atoms with E-state index in [-0.39, 0.29) is 43.4 Å². The van der Waals surface area contributed by atoms with Gasteiger partial charge in [-0.3, -0.25) is 9.36 Å². The minimum atomic E-state index is -4.79. The SMILES string of the molecule is Nc1nc2c(c(=O)n1C(c1ccccc1)c1ccccc1)CCN(C(=O)OCc1ccc(OC(F)(F)F)cc1)C2. The Morgan fingerprint density at radius 1 is 0.950 bits per heavy atom. The van der Waals surface area contributed by atoms with Crippen LogP contribution in [0.25, 0.3) is 0 Å². The van der Waals surface area contributed by atoms with Gasteiger partial charge in [0.15, 0.2) is 0 Å². The van der Waals surface area contributed by atoms with E-state index in [2.05, 4.69) is 9.72 Å². The van der Waals surface area contributed by atoms with Gasteiger partial charge in [-0.05, 0) is 35.2 Å². The lowest BCUT2D eigenvalue weighted by molar-refractivity contribution is -0.274. The number of benzene rings is 3. The van der Waals surface area contributed by atoms with Crippen molar-refractivity contribution in [3.05, 3.63) is 123 Å². The fourth-order valence-electron chi connectivity index (χ4n) is 4.71. The smallest absolute Gasteiger partial charge is 0.445 e. The van der Waals surface area contributed by atoms with Crippen molar-refractivity contribution in [2.24, 2.45) is 0 Å². The first-order valence-electron chi connectivity index (χ1n) is 12.5. The molecule has 0 atom stereocenters. The second kappa shape index (κ2) is 11.1. The van der Waals surface area contributed by atoms with Gasteiger partial charge in [0.2, 0.25) is 5.95 Å². The normalized spacial score (nSPS) is 13.2. The maximum atomic E-state index is 13.8. The average Bonchev–Trinajstić information content (AvgIpc) is 2.94. The summed E-state index contributed by atoms with van der Waals surface area (Å²) in [7, 11) is 0. The number of nitrogens with zero attached hydrogens (tertiary/aromatic N) is 3. The highest BCUT2D eigenvalue weighted by molar-refractivity contribution is 5.68. The van der Waals surface area contributed by atoms with E-state index in [9.17, 15) is 22.8 Å². The zero-order valence-corrected chi connectivity index (χ0v) is 21.2. The van der Waals surface area contributed by atoms with Gasteiger partial charge in [-0.25, -0.2) is 9.78 Å². The van der Waals surface area contributed by atoms with Crippen molar-refractivity contribution in [3.63, 3.8) is 0 Å². The van der Waals surface area contributed by atoms with E-state index in [1.807, 2.05) is 60.7 Å². The molecule has 206 valence electrons. The molecule has 1 aliphatic rings. The number of rotatable bonds is 6. The molecule has 2 N–H and O–H groups in total. The van der Waals surface area contributed by atoms with E-state index in [1.54, 1.807) is 0 Å². The predicted molar refractivity (Wildman–Crippen MR) is 140 cm³/mol. The molecule has 0 fully saturated rings. The van der Waals surface area contributed by atoms with E-state index in [0.717, 1.165) is 23.3 Å². The van der Waals surface area contributed by atoms with Crippen LogP contribution in [0.2, 0.25) is 0 Å². The monoisotopic (exact) mass is 550 g/mol. The molecule has 1 amide bonds. The van der Waals surface area contributed by atoms with Gasteiger partial charge in [0.05, 0.1) is 18.3 Å². The molecule has 11 heteroatoms. The van der Waals surface area contributed by atoms with Crippen LogP contribution in [0.4, 0.5) is 23.9 Å². The van der Waals surface area contributed by atoms with Crippen LogP contribution in [0.1, 0.15) is 34.0 Å². The Balaban J connectivity index is 1.33. The highest BCUT2D eigenvalue weighted by Crippen LogP contribution is 2.28. The van der Waals surface area contributed by atoms with Crippen molar-refractivity contribution < 1.29 is 27.4 Å². The fraction of sp³-hybridized carbons (Fsp3) is 0.207. The summed E-state index contributed by atoms with van der Waals surface area (Å²) < 4.78 is 47.7. The Kier molecular flexibility index (Phi) is 7.45. The number of nitrogens with two attached hydrogens (primary N) is 1. The van der Waals surface area contributed by atoms with Gasteiger partial charge in [0.25, 0.3) is 5.56 Å². The van der Waals surface area contributed by atoms with Gasteiger partial charge in [0, 0.05) is 12.1 Å². The van der Waals surface area contributed by atoms with Gasteiger partial charge in [-0.15, -0.1) is 13.2 Å². The van der Waals surface area contributed by atoms with Crippen LogP contribution in [-0.2, 0) is 24.3 Å². The van der Waals surface area contributed by atoms with Crippen LogP contribution >= 0.6 is 0 Å². The highest BCUT2D eigenvalue weighted by Gasteiger charge is 2.31. The van der Waals surface area contributed by atoms with Crippen LogP contribution in [0.15, 0.2) is 89.7 Å². The van der Waals surface area contributed by atoms with Crippen LogP contribution in [-0.4, -0.2) is 33.5 Å². The van der Waals surface area contributed by atoms with E-state index >= 15 is 0 Å².